The molecule has 1 aliphatic rings. The van der Waals surface area contributed by atoms with Crippen LogP contribution < -0.4 is 16.4 Å². The summed E-state index contributed by atoms with van der Waals surface area (Å²) >= 11 is 0. The molecule has 0 heterocycles. The molecule has 1 saturated carbocycles. The molecule has 1 fully saturated rings. The van der Waals surface area contributed by atoms with Gasteiger partial charge in [-0.05, 0) is 43.5 Å². The fourth-order valence-corrected chi connectivity index (χ4v) is 1.90. The maximum Gasteiger partial charge on any atom is 0.241 e. The molecule has 108 valence electrons. The van der Waals surface area contributed by atoms with Crippen molar-refractivity contribution in [1.82, 2.24) is 0 Å². The molecule has 0 unspecified atom stereocenters. The third kappa shape index (κ3) is 4.06. The number of amides is 2. The van der Waals surface area contributed by atoms with Crippen molar-refractivity contribution in [1.29, 1.82) is 0 Å². The Kier molecular flexibility index (Phi) is 4.74. The van der Waals surface area contributed by atoms with Gasteiger partial charge in [0.2, 0.25) is 11.8 Å². The minimum absolute atomic E-state index is 0.0757. The zero-order valence-corrected chi connectivity index (χ0v) is 11.7. The minimum Gasteiger partial charge on any atom is -0.326 e. The summed E-state index contributed by atoms with van der Waals surface area (Å²) in [5.41, 5.74) is 7.18. The fraction of sp³-hybridized carbons (Fsp3) is 0.467. The lowest BCUT2D eigenvalue weighted by molar-refractivity contribution is -0.118. The van der Waals surface area contributed by atoms with Gasteiger partial charge in [-0.25, -0.2) is 0 Å². The van der Waals surface area contributed by atoms with E-state index in [1.807, 2.05) is 6.92 Å². The molecule has 0 bridgehead atoms. The largest absolute Gasteiger partial charge is 0.326 e. The molecule has 1 aliphatic carbocycles. The summed E-state index contributed by atoms with van der Waals surface area (Å²) in [5, 5.41) is 5.62. The number of hydrogen-bond acceptors (Lipinski definition) is 3. The van der Waals surface area contributed by atoms with Crippen molar-refractivity contribution in [3.63, 3.8) is 0 Å². The topological polar surface area (TPSA) is 84.2 Å². The van der Waals surface area contributed by atoms with Gasteiger partial charge in [-0.1, -0.05) is 13.3 Å². The summed E-state index contributed by atoms with van der Waals surface area (Å²) in [7, 11) is 0. The molecule has 1 atom stereocenters. The van der Waals surface area contributed by atoms with E-state index in [2.05, 4.69) is 10.6 Å². The van der Waals surface area contributed by atoms with Gasteiger partial charge < -0.3 is 16.4 Å². The Bertz CT molecular complexity index is 480. The summed E-state index contributed by atoms with van der Waals surface area (Å²) in [4.78, 5) is 23.4. The lowest BCUT2D eigenvalue weighted by Gasteiger charge is -2.11. The van der Waals surface area contributed by atoms with E-state index in [1.165, 1.54) is 0 Å². The Hall–Kier alpha value is -1.88. The van der Waals surface area contributed by atoms with Crippen LogP contribution in [0.5, 0.6) is 0 Å². The Morgan fingerprint density at radius 1 is 1.20 bits per heavy atom. The first-order chi connectivity index (χ1) is 9.60. The van der Waals surface area contributed by atoms with Crippen LogP contribution in [-0.2, 0) is 9.59 Å². The second-order valence-corrected chi connectivity index (χ2v) is 5.23. The summed E-state index contributed by atoms with van der Waals surface area (Å²) < 4.78 is 0. The quantitative estimate of drug-likeness (QED) is 0.743. The third-order valence-electron chi connectivity index (χ3n) is 3.30. The van der Waals surface area contributed by atoms with Crippen molar-refractivity contribution in [2.45, 2.75) is 38.6 Å². The smallest absolute Gasteiger partial charge is 0.241 e. The normalized spacial score (nSPS) is 15.5. The van der Waals surface area contributed by atoms with Gasteiger partial charge >= 0.3 is 0 Å². The van der Waals surface area contributed by atoms with Crippen LogP contribution in [0, 0.1) is 5.92 Å². The molecule has 1 aromatic rings. The minimum atomic E-state index is -0.478. The Morgan fingerprint density at radius 3 is 2.25 bits per heavy atom. The lowest BCUT2D eigenvalue weighted by atomic mass is 10.1. The average Bonchev–Trinajstić information content (AvgIpc) is 3.25. The molecule has 2 amide bonds. The zero-order valence-electron chi connectivity index (χ0n) is 11.7. The molecular formula is C15H21N3O2. The van der Waals surface area contributed by atoms with Gasteiger partial charge in [-0.15, -0.1) is 0 Å². The number of hydrogen-bond donors (Lipinski definition) is 3. The SMILES string of the molecule is CCC[C@@H](N)C(=O)Nc1ccc(NC(=O)C2CC2)cc1. The molecular weight excluding hydrogens is 254 g/mol. The highest BCUT2D eigenvalue weighted by Crippen LogP contribution is 2.30. The molecule has 0 aromatic heterocycles. The number of benzene rings is 1. The lowest BCUT2D eigenvalue weighted by Crippen LogP contribution is -2.35. The van der Waals surface area contributed by atoms with Crippen LogP contribution in [0.1, 0.15) is 32.6 Å². The number of carbonyl (C=O) groups excluding carboxylic acids is 2. The van der Waals surface area contributed by atoms with Crippen molar-refractivity contribution in [2.24, 2.45) is 11.7 Å². The van der Waals surface area contributed by atoms with E-state index >= 15 is 0 Å². The fourth-order valence-electron chi connectivity index (χ4n) is 1.90. The van der Waals surface area contributed by atoms with E-state index in [9.17, 15) is 9.59 Å². The van der Waals surface area contributed by atoms with Crippen LogP contribution >= 0.6 is 0 Å². The summed E-state index contributed by atoms with van der Waals surface area (Å²) in [6, 6.07) is 6.61. The monoisotopic (exact) mass is 275 g/mol. The maximum absolute atomic E-state index is 11.8. The summed E-state index contributed by atoms with van der Waals surface area (Å²) in [6.45, 7) is 1.99. The van der Waals surface area contributed by atoms with E-state index in [0.717, 1.165) is 24.9 Å². The number of nitrogens with one attached hydrogen (secondary N) is 2. The molecule has 0 saturated heterocycles. The Morgan fingerprint density at radius 2 is 1.75 bits per heavy atom. The van der Waals surface area contributed by atoms with Crippen molar-refractivity contribution >= 4 is 23.2 Å². The van der Waals surface area contributed by atoms with Gasteiger partial charge in [-0.3, -0.25) is 9.59 Å². The van der Waals surface area contributed by atoms with Crippen LogP contribution in [0.25, 0.3) is 0 Å². The molecule has 0 radical (unpaired) electrons. The van der Waals surface area contributed by atoms with E-state index in [1.54, 1.807) is 24.3 Å². The van der Waals surface area contributed by atoms with Crippen LogP contribution in [0.4, 0.5) is 11.4 Å². The number of anilines is 2. The van der Waals surface area contributed by atoms with Crippen LogP contribution in [0.3, 0.4) is 0 Å². The third-order valence-corrected chi connectivity index (χ3v) is 3.30. The van der Waals surface area contributed by atoms with Gasteiger partial charge in [0.15, 0.2) is 0 Å². The first kappa shape index (κ1) is 14.5. The van der Waals surface area contributed by atoms with E-state index in [0.29, 0.717) is 12.1 Å². The zero-order chi connectivity index (χ0) is 14.5. The van der Waals surface area contributed by atoms with Gasteiger partial charge in [-0.2, -0.15) is 0 Å². The van der Waals surface area contributed by atoms with Crippen molar-refractivity contribution in [3.8, 4) is 0 Å². The first-order valence-electron chi connectivity index (χ1n) is 7.07. The highest BCUT2D eigenvalue weighted by Gasteiger charge is 2.29. The van der Waals surface area contributed by atoms with Gasteiger partial charge in [0, 0.05) is 17.3 Å². The molecule has 5 nitrogen and oxygen atoms in total. The highest BCUT2D eigenvalue weighted by molar-refractivity contribution is 5.96. The van der Waals surface area contributed by atoms with E-state index in [-0.39, 0.29) is 17.7 Å². The van der Waals surface area contributed by atoms with Crippen molar-refractivity contribution < 1.29 is 9.59 Å². The summed E-state index contributed by atoms with van der Waals surface area (Å²) in [5.74, 6) is 0.0785. The molecule has 5 heteroatoms. The molecule has 2 rings (SSSR count). The van der Waals surface area contributed by atoms with Gasteiger partial charge in [0.25, 0.3) is 0 Å². The molecule has 1 aromatic carbocycles. The van der Waals surface area contributed by atoms with E-state index in [4.69, 9.17) is 5.73 Å². The Labute approximate surface area is 118 Å². The highest BCUT2D eigenvalue weighted by atomic mass is 16.2. The first-order valence-corrected chi connectivity index (χ1v) is 7.07. The molecule has 0 aliphatic heterocycles. The predicted octanol–water partition coefficient (Wildman–Crippen LogP) is 2.10. The maximum atomic E-state index is 11.8. The molecule has 20 heavy (non-hydrogen) atoms. The van der Waals surface area contributed by atoms with Crippen molar-refractivity contribution in [2.75, 3.05) is 10.6 Å². The van der Waals surface area contributed by atoms with Gasteiger partial charge in [0.05, 0.1) is 6.04 Å². The van der Waals surface area contributed by atoms with Crippen molar-refractivity contribution in [3.05, 3.63) is 24.3 Å². The van der Waals surface area contributed by atoms with Gasteiger partial charge in [0.1, 0.15) is 0 Å². The van der Waals surface area contributed by atoms with E-state index < -0.39 is 6.04 Å². The number of nitrogens with two attached hydrogens (primary N) is 1. The van der Waals surface area contributed by atoms with Crippen LogP contribution in [0.2, 0.25) is 0 Å². The average molecular weight is 275 g/mol. The predicted molar refractivity (Wildman–Crippen MR) is 79.3 cm³/mol. The van der Waals surface area contributed by atoms with Crippen LogP contribution in [0.15, 0.2) is 24.3 Å². The van der Waals surface area contributed by atoms with Crippen LogP contribution in [-0.4, -0.2) is 17.9 Å². The Balaban J connectivity index is 1.87. The standard InChI is InChI=1S/C15H21N3O2/c1-2-3-13(16)15(20)18-12-8-6-11(7-9-12)17-14(19)10-4-5-10/h6-10,13H,2-5,16H2,1H3,(H,17,19)(H,18,20)/t13-/m1/s1. The second-order valence-electron chi connectivity index (χ2n) is 5.23. The summed E-state index contributed by atoms with van der Waals surface area (Å²) in [6.07, 6.45) is 3.51. The molecule has 4 N–H and O–H groups in total. The number of rotatable bonds is 6. The molecule has 0 spiro atoms. The second kappa shape index (κ2) is 6.52. The number of carbonyl (C=O) groups is 2.